The molecular weight excluding hydrogens is 976 g/mol. The van der Waals surface area contributed by atoms with Crippen molar-refractivity contribution in [2.24, 2.45) is 41.4 Å². The minimum atomic E-state index is -1.15. The van der Waals surface area contributed by atoms with Gasteiger partial charge in [0.25, 0.3) is 0 Å². The summed E-state index contributed by atoms with van der Waals surface area (Å²) < 4.78 is 0. The zero-order chi connectivity index (χ0) is 59.3. The average Bonchev–Trinajstić information content (AvgIpc) is 3.41. The molecule has 0 rings (SSSR count). The molecule has 0 saturated heterocycles. The molecule has 0 aliphatic rings. The smallest absolute Gasteiger partial charge is 0.103 e. The molecular formula is C44H106O28. The van der Waals surface area contributed by atoms with Crippen LogP contribution in [0.1, 0.15) is 62.3 Å². The van der Waals surface area contributed by atoms with Gasteiger partial charge in [0.1, 0.15) is 12.2 Å². The molecule has 0 spiro atoms. The zero-order valence-corrected chi connectivity index (χ0v) is 43.8. The van der Waals surface area contributed by atoms with Crippen LogP contribution in [0, 0.1) is 41.4 Å². The van der Waals surface area contributed by atoms with Gasteiger partial charge in [-0.2, -0.15) is 0 Å². The molecule has 28 N–H and O–H groups in total. The normalized spacial score (nSPS) is 18.1. The predicted molar refractivity (Wildman–Crippen MR) is 261 cm³/mol. The Balaban J connectivity index is -0.0000000892. The van der Waals surface area contributed by atoms with Crippen LogP contribution in [0.3, 0.4) is 0 Å². The number of hydrogen-bond donors (Lipinski definition) is 28. The van der Waals surface area contributed by atoms with E-state index in [1.165, 1.54) is 13.8 Å². The lowest BCUT2D eigenvalue weighted by Crippen LogP contribution is -2.36. The standard InChI is InChI=1S/3C6H14O4.3C5H12O3.C4H10O3.C4H10O2.C3H8O2/c2*1-4(5(9)2-7)6(10)3-8;1-4(2-7)6(10)5(9)3-8;3*1-4(2-6)5(8)3-7;1-3(6)4(7)2-5;1-4(2-5)3-6;1-3(5)2-4/h3*4-10H,2-3H2,1H3;3*4-8H,2-3H2,1H3;3-7H,2H2,1H3;4-6H,2-3H2,1H3;3-5H,2H2,1H3. The third kappa shape index (κ3) is 63.2. The van der Waals surface area contributed by atoms with Crippen molar-refractivity contribution in [3.8, 4) is 0 Å². The Hall–Kier alpha value is -1.12. The fraction of sp³-hybridized carbons (Fsp3) is 1.00. The van der Waals surface area contributed by atoms with Gasteiger partial charge in [-0.05, 0) is 13.8 Å². The predicted octanol–water partition coefficient (Wildman–Crippen LogP) is -10.4. The third-order valence-electron chi connectivity index (χ3n) is 9.66. The van der Waals surface area contributed by atoms with E-state index in [9.17, 15) is 0 Å². The molecule has 72 heavy (non-hydrogen) atoms. The Kier molecular flexibility index (Phi) is 80.6. The molecule has 28 heteroatoms. The third-order valence-corrected chi connectivity index (χ3v) is 9.66. The van der Waals surface area contributed by atoms with E-state index in [-0.39, 0.29) is 96.3 Å². The Morgan fingerprint density at radius 2 is 0.403 bits per heavy atom. The summed E-state index contributed by atoms with van der Waals surface area (Å²) in [4.78, 5) is 0. The van der Waals surface area contributed by atoms with E-state index in [2.05, 4.69) is 0 Å². The molecule has 0 aromatic rings. The molecule has 0 bridgehead atoms. The van der Waals surface area contributed by atoms with Crippen molar-refractivity contribution in [3.05, 3.63) is 0 Å². The largest absolute Gasteiger partial charge is 0.396 e. The van der Waals surface area contributed by atoms with E-state index in [0.29, 0.717) is 0 Å². The van der Waals surface area contributed by atoms with Crippen LogP contribution in [0.2, 0.25) is 0 Å². The molecule has 0 aliphatic carbocycles. The molecule has 16 atom stereocenters. The number of aliphatic hydroxyl groups excluding tert-OH is 28. The monoisotopic (exact) mass is 1080 g/mol. The summed E-state index contributed by atoms with van der Waals surface area (Å²) in [7, 11) is 0. The molecule has 450 valence electrons. The summed E-state index contributed by atoms with van der Waals surface area (Å²) in [6, 6.07) is 0. The summed E-state index contributed by atoms with van der Waals surface area (Å²) >= 11 is 0. The fourth-order valence-corrected chi connectivity index (χ4v) is 2.89. The molecule has 0 amide bonds. The highest BCUT2D eigenvalue weighted by Crippen LogP contribution is 2.09. The van der Waals surface area contributed by atoms with Crippen molar-refractivity contribution in [1.29, 1.82) is 0 Å². The van der Waals surface area contributed by atoms with Crippen molar-refractivity contribution in [3.63, 3.8) is 0 Å². The fourth-order valence-electron chi connectivity index (χ4n) is 2.89. The topological polar surface area (TPSA) is 566 Å². The Morgan fingerprint density at radius 3 is 0.486 bits per heavy atom. The van der Waals surface area contributed by atoms with Gasteiger partial charge in [-0.3, -0.25) is 0 Å². The second-order valence-electron chi connectivity index (χ2n) is 16.8. The van der Waals surface area contributed by atoms with Gasteiger partial charge in [-0.25, -0.2) is 0 Å². The maximum atomic E-state index is 9.02. The molecule has 0 fully saturated rings. The minimum Gasteiger partial charge on any atom is -0.396 e. The lowest BCUT2D eigenvalue weighted by Gasteiger charge is -2.20. The SMILES string of the molecule is CC(C(O)CO)C(O)CO.CC(C(O)CO)C(O)CO.CC(CO)C(O)C(O)CO.CC(CO)C(O)CO.CC(CO)C(O)CO.CC(CO)C(O)CO.CC(CO)CO.CC(O)C(O)CO.CC(O)CO. The van der Waals surface area contributed by atoms with Gasteiger partial charge >= 0.3 is 0 Å². The quantitative estimate of drug-likeness (QED) is 0.0382. The molecule has 28 nitrogen and oxygen atoms in total. The molecule has 0 aromatic carbocycles. The summed E-state index contributed by atoms with van der Waals surface area (Å²) in [5.74, 6) is -2.00. The number of hydrogen-bond acceptors (Lipinski definition) is 28. The average molecular weight is 1080 g/mol. The summed E-state index contributed by atoms with van der Waals surface area (Å²) in [5.41, 5.74) is 0. The van der Waals surface area contributed by atoms with Crippen molar-refractivity contribution < 1.29 is 143 Å². The minimum absolute atomic E-state index is 0.0463. The lowest BCUT2D eigenvalue weighted by molar-refractivity contribution is -0.0496. The van der Waals surface area contributed by atoms with Crippen molar-refractivity contribution in [2.45, 2.75) is 136 Å². The summed E-state index contributed by atoms with van der Waals surface area (Å²) in [5, 5.41) is 237. The van der Waals surface area contributed by atoms with Crippen LogP contribution in [0.4, 0.5) is 0 Å². The van der Waals surface area contributed by atoms with E-state index in [4.69, 9.17) is 143 Å². The van der Waals surface area contributed by atoms with E-state index >= 15 is 0 Å². The van der Waals surface area contributed by atoms with E-state index in [1.54, 1.807) is 48.5 Å². The van der Waals surface area contributed by atoms with Gasteiger partial charge in [0.15, 0.2) is 0 Å². The molecule has 0 saturated carbocycles. The van der Waals surface area contributed by atoms with Crippen LogP contribution in [0.15, 0.2) is 0 Å². The molecule has 0 radical (unpaired) electrons. The van der Waals surface area contributed by atoms with E-state index in [1.807, 2.05) is 0 Å². The molecule has 0 heterocycles. The lowest BCUT2D eigenvalue weighted by atomic mass is 9.99. The second-order valence-corrected chi connectivity index (χ2v) is 16.8. The Bertz CT molecular complexity index is 821. The zero-order valence-electron chi connectivity index (χ0n) is 43.8. The first-order valence-corrected chi connectivity index (χ1v) is 23.2. The van der Waals surface area contributed by atoms with Gasteiger partial charge in [-0.1, -0.05) is 48.5 Å². The van der Waals surface area contributed by atoms with Crippen LogP contribution in [0.25, 0.3) is 0 Å². The maximum absolute atomic E-state index is 9.02. The van der Waals surface area contributed by atoms with Crippen molar-refractivity contribution >= 4 is 0 Å². The second kappa shape index (κ2) is 64.2. The first-order chi connectivity index (χ1) is 33.3. The van der Waals surface area contributed by atoms with Crippen molar-refractivity contribution in [1.82, 2.24) is 0 Å². The van der Waals surface area contributed by atoms with Crippen molar-refractivity contribution in [2.75, 3.05) is 106 Å². The van der Waals surface area contributed by atoms with Crippen LogP contribution in [0.5, 0.6) is 0 Å². The first kappa shape index (κ1) is 90.4. The summed E-state index contributed by atoms with van der Waals surface area (Å²) in [6.07, 6.45) is -10.7. The van der Waals surface area contributed by atoms with Crippen LogP contribution in [-0.2, 0) is 0 Å². The summed E-state index contributed by atoms with van der Waals surface area (Å²) in [6.45, 7) is 10.8. The number of aliphatic hydroxyl groups is 28. The van der Waals surface area contributed by atoms with Gasteiger partial charge in [0.05, 0.1) is 127 Å². The number of rotatable bonds is 26. The van der Waals surface area contributed by atoms with Gasteiger partial charge in [-0.15, -0.1) is 0 Å². The molecule has 0 aromatic heterocycles. The Labute approximate surface area is 425 Å². The maximum Gasteiger partial charge on any atom is 0.103 e. The highest BCUT2D eigenvalue weighted by atomic mass is 16.4. The van der Waals surface area contributed by atoms with Crippen LogP contribution in [-0.4, -0.2) is 322 Å². The van der Waals surface area contributed by atoms with Gasteiger partial charge in [0.2, 0.25) is 0 Å². The van der Waals surface area contributed by atoms with Gasteiger partial charge in [0, 0.05) is 81.1 Å². The molecule has 16 unspecified atom stereocenters. The van der Waals surface area contributed by atoms with Crippen LogP contribution < -0.4 is 0 Å². The highest BCUT2D eigenvalue weighted by Gasteiger charge is 2.22. The highest BCUT2D eigenvalue weighted by molar-refractivity contribution is 4.72. The first-order valence-electron chi connectivity index (χ1n) is 23.2. The molecule has 0 aliphatic heterocycles. The van der Waals surface area contributed by atoms with E-state index < -0.39 is 124 Å². The van der Waals surface area contributed by atoms with Crippen LogP contribution >= 0.6 is 0 Å². The Morgan fingerprint density at radius 1 is 0.208 bits per heavy atom. The van der Waals surface area contributed by atoms with Gasteiger partial charge < -0.3 is 143 Å². The van der Waals surface area contributed by atoms with E-state index in [0.717, 1.165) is 0 Å².